The number of rotatable bonds is 3. The molecule has 0 aromatic carbocycles. The molecule has 2 amide bonds. The Kier molecular flexibility index (Phi) is 3.05. The zero-order valence-corrected chi connectivity index (χ0v) is 12.9. The van der Waals surface area contributed by atoms with E-state index in [1.165, 1.54) is 19.3 Å². The number of carbonyl (C=O) groups is 2. The molecule has 3 aliphatic carbocycles. The summed E-state index contributed by atoms with van der Waals surface area (Å²) in [6.45, 7) is 2.02. The molecular formula is C17H26N2O2. The molecule has 21 heavy (non-hydrogen) atoms. The summed E-state index contributed by atoms with van der Waals surface area (Å²) in [5.41, 5.74) is -0.579. The molecule has 4 heteroatoms. The van der Waals surface area contributed by atoms with Gasteiger partial charge in [-0.25, -0.2) is 0 Å². The molecule has 1 aliphatic heterocycles. The lowest BCUT2D eigenvalue weighted by Gasteiger charge is -2.51. The van der Waals surface area contributed by atoms with Crippen LogP contribution in [-0.2, 0) is 9.59 Å². The van der Waals surface area contributed by atoms with Crippen molar-refractivity contribution in [3.05, 3.63) is 0 Å². The third kappa shape index (κ3) is 2.09. The zero-order valence-electron chi connectivity index (χ0n) is 12.9. The summed E-state index contributed by atoms with van der Waals surface area (Å²) in [6, 6.07) is 0.0652. The maximum absolute atomic E-state index is 13.1. The molecule has 0 bridgehead atoms. The van der Waals surface area contributed by atoms with E-state index in [1.807, 2.05) is 6.92 Å². The standard InChI is InChI=1S/C17H26N2O2/c1-17(12-9-10-12)16(21)18-14(11-7-8-11)15(20)19(17)13-5-3-2-4-6-13/h11-14H,2-10H2,1H3,(H,18,21). The first-order chi connectivity index (χ1) is 10.1. The van der Waals surface area contributed by atoms with Crippen LogP contribution < -0.4 is 5.32 Å². The number of nitrogens with one attached hydrogen (secondary N) is 1. The van der Waals surface area contributed by atoms with Crippen LogP contribution in [0.4, 0.5) is 0 Å². The maximum atomic E-state index is 13.1. The smallest absolute Gasteiger partial charge is 0.246 e. The topological polar surface area (TPSA) is 49.4 Å². The Balaban J connectivity index is 1.67. The van der Waals surface area contributed by atoms with Crippen molar-refractivity contribution in [3.63, 3.8) is 0 Å². The molecule has 4 rings (SSSR count). The second kappa shape index (κ2) is 4.72. The van der Waals surface area contributed by atoms with Crippen LogP contribution in [0.5, 0.6) is 0 Å². The van der Waals surface area contributed by atoms with Gasteiger partial charge in [-0.3, -0.25) is 9.59 Å². The number of piperazine rings is 1. The first-order valence-corrected chi connectivity index (χ1v) is 8.76. The highest BCUT2D eigenvalue weighted by Gasteiger charge is 2.60. The normalized spacial score (nSPS) is 38.5. The quantitative estimate of drug-likeness (QED) is 0.866. The van der Waals surface area contributed by atoms with Gasteiger partial charge >= 0.3 is 0 Å². The number of nitrogens with zero attached hydrogens (tertiary/aromatic N) is 1. The van der Waals surface area contributed by atoms with E-state index < -0.39 is 5.54 Å². The van der Waals surface area contributed by atoms with Crippen molar-refractivity contribution < 1.29 is 9.59 Å². The van der Waals surface area contributed by atoms with E-state index in [0.29, 0.717) is 17.9 Å². The van der Waals surface area contributed by atoms with Crippen molar-refractivity contribution in [1.82, 2.24) is 10.2 Å². The highest BCUT2D eigenvalue weighted by atomic mass is 16.2. The first-order valence-electron chi connectivity index (χ1n) is 8.76. The molecule has 4 fully saturated rings. The second-order valence-electron chi connectivity index (χ2n) is 7.71. The van der Waals surface area contributed by atoms with Crippen molar-refractivity contribution in [2.75, 3.05) is 0 Å². The average Bonchev–Trinajstić information content (AvgIpc) is 3.37. The Morgan fingerprint density at radius 3 is 2.24 bits per heavy atom. The van der Waals surface area contributed by atoms with Gasteiger partial charge in [0.1, 0.15) is 11.6 Å². The van der Waals surface area contributed by atoms with Crippen LogP contribution in [-0.4, -0.2) is 34.3 Å². The van der Waals surface area contributed by atoms with E-state index in [-0.39, 0.29) is 17.9 Å². The van der Waals surface area contributed by atoms with E-state index in [2.05, 4.69) is 10.2 Å². The molecule has 3 saturated carbocycles. The summed E-state index contributed by atoms with van der Waals surface area (Å²) in [5.74, 6) is 1.12. The molecule has 1 saturated heterocycles. The molecule has 0 aromatic heterocycles. The van der Waals surface area contributed by atoms with Crippen LogP contribution >= 0.6 is 0 Å². The van der Waals surface area contributed by atoms with E-state index in [1.54, 1.807) is 0 Å². The Labute approximate surface area is 126 Å². The minimum absolute atomic E-state index is 0.118. The van der Waals surface area contributed by atoms with Gasteiger partial charge in [0, 0.05) is 6.04 Å². The Hall–Kier alpha value is -1.06. The van der Waals surface area contributed by atoms with Gasteiger partial charge in [0.15, 0.2) is 0 Å². The molecule has 2 atom stereocenters. The third-order valence-electron chi connectivity index (χ3n) is 6.16. The molecule has 1 N–H and O–H groups in total. The predicted molar refractivity (Wildman–Crippen MR) is 79.5 cm³/mol. The molecule has 2 unspecified atom stereocenters. The fraction of sp³-hybridized carbons (Fsp3) is 0.882. The number of hydrogen-bond acceptors (Lipinski definition) is 2. The predicted octanol–water partition coefficient (Wildman–Crippen LogP) is 2.22. The van der Waals surface area contributed by atoms with E-state index in [9.17, 15) is 9.59 Å². The highest BCUT2D eigenvalue weighted by molar-refractivity contribution is 6.00. The van der Waals surface area contributed by atoms with E-state index in [4.69, 9.17) is 0 Å². The van der Waals surface area contributed by atoms with E-state index >= 15 is 0 Å². The van der Waals surface area contributed by atoms with Crippen LogP contribution in [0.1, 0.15) is 64.7 Å². The molecule has 4 nitrogen and oxygen atoms in total. The summed E-state index contributed by atoms with van der Waals surface area (Å²) in [4.78, 5) is 28.0. The summed E-state index contributed by atoms with van der Waals surface area (Å²) in [6.07, 6.45) is 10.2. The lowest BCUT2D eigenvalue weighted by atomic mass is 9.82. The molecule has 4 aliphatic rings. The van der Waals surface area contributed by atoms with E-state index in [0.717, 1.165) is 38.5 Å². The van der Waals surface area contributed by atoms with Crippen molar-refractivity contribution >= 4 is 11.8 Å². The van der Waals surface area contributed by atoms with Crippen LogP contribution in [0.15, 0.2) is 0 Å². The SMILES string of the molecule is CC1(C2CC2)C(=O)NC(C2CC2)C(=O)N1C1CCCCC1. The fourth-order valence-electron chi connectivity index (χ4n) is 4.51. The maximum Gasteiger partial charge on any atom is 0.246 e. The summed E-state index contributed by atoms with van der Waals surface area (Å²) in [5, 5.41) is 3.08. The summed E-state index contributed by atoms with van der Waals surface area (Å²) < 4.78 is 0. The van der Waals surface area contributed by atoms with Gasteiger partial charge in [-0.1, -0.05) is 19.3 Å². The molecule has 0 radical (unpaired) electrons. The van der Waals surface area contributed by atoms with Gasteiger partial charge < -0.3 is 10.2 Å². The number of hydrogen-bond donors (Lipinski definition) is 1. The van der Waals surface area contributed by atoms with Gasteiger partial charge in [0.2, 0.25) is 11.8 Å². The van der Waals surface area contributed by atoms with Crippen molar-refractivity contribution in [2.45, 2.75) is 82.3 Å². The Morgan fingerprint density at radius 1 is 1.00 bits per heavy atom. The zero-order chi connectivity index (χ0) is 14.6. The minimum atomic E-state index is -0.579. The largest absolute Gasteiger partial charge is 0.342 e. The van der Waals surface area contributed by atoms with Crippen molar-refractivity contribution in [2.24, 2.45) is 11.8 Å². The fourth-order valence-corrected chi connectivity index (χ4v) is 4.51. The van der Waals surface area contributed by atoms with Crippen LogP contribution in [0.25, 0.3) is 0 Å². The number of amides is 2. The average molecular weight is 290 g/mol. The monoisotopic (exact) mass is 290 g/mol. The Bertz CT molecular complexity index is 463. The van der Waals surface area contributed by atoms with Crippen molar-refractivity contribution in [3.8, 4) is 0 Å². The van der Waals surface area contributed by atoms with Gasteiger partial charge in [-0.15, -0.1) is 0 Å². The van der Waals surface area contributed by atoms with Crippen molar-refractivity contribution in [1.29, 1.82) is 0 Å². The molecular weight excluding hydrogens is 264 g/mol. The summed E-state index contributed by atoms with van der Waals surface area (Å²) >= 11 is 0. The lowest BCUT2D eigenvalue weighted by Crippen LogP contribution is -2.73. The molecule has 116 valence electrons. The molecule has 0 aromatic rings. The molecule has 0 spiro atoms. The number of carbonyl (C=O) groups excluding carboxylic acids is 2. The molecule has 1 heterocycles. The van der Waals surface area contributed by atoms with Gasteiger partial charge in [-0.05, 0) is 57.3 Å². The van der Waals surface area contributed by atoms with Gasteiger partial charge in [0.05, 0.1) is 0 Å². The summed E-state index contributed by atoms with van der Waals surface area (Å²) in [7, 11) is 0. The van der Waals surface area contributed by atoms with Gasteiger partial charge in [-0.2, -0.15) is 0 Å². The highest BCUT2D eigenvalue weighted by Crippen LogP contribution is 2.48. The Morgan fingerprint density at radius 2 is 1.67 bits per heavy atom. The third-order valence-corrected chi connectivity index (χ3v) is 6.16. The van der Waals surface area contributed by atoms with Crippen LogP contribution in [0.2, 0.25) is 0 Å². The lowest BCUT2D eigenvalue weighted by molar-refractivity contribution is -0.163. The van der Waals surface area contributed by atoms with Crippen LogP contribution in [0, 0.1) is 11.8 Å². The first kappa shape index (κ1) is 13.6. The van der Waals surface area contributed by atoms with Crippen LogP contribution in [0.3, 0.4) is 0 Å². The van der Waals surface area contributed by atoms with Gasteiger partial charge in [0.25, 0.3) is 0 Å². The second-order valence-corrected chi connectivity index (χ2v) is 7.71. The minimum Gasteiger partial charge on any atom is -0.342 e.